The molecule has 0 atom stereocenters. The molecule has 0 spiro atoms. The lowest BCUT2D eigenvalue weighted by atomic mass is 10.2. The van der Waals surface area contributed by atoms with Gasteiger partial charge in [0.15, 0.2) is 0 Å². The smallest absolute Gasteiger partial charge is 0.412 e. The van der Waals surface area contributed by atoms with Crippen molar-refractivity contribution in [1.82, 2.24) is 4.98 Å². The maximum absolute atomic E-state index is 11.5. The molecule has 0 radical (unpaired) electrons. The summed E-state index contributed by atoms with van der Waals surface area (Å²) in [6.07, 6.45) is 1.05. The van der Waals surface area contributed by atoms with Crippen LogP contribution in [-0.4, -0.2) is 23.8 Å². The van der Waals surface area contributed by atoms with Crippen molar-refractivity contribution in [1.29, 1.82) is 0 Å². The average molecular weight is 238 g/mol. The van der Waals surface area contributed by atoms with Crippen LogP contribution in [0.4, 0.5) is 10.5 Å². The first-order valence-corrected chi connectivity index (χ1v) is 5.32. The number of nitrogens with one attached hydrogen (secondary N) is 1. The van der Waals surface area contributed by atoms with Gasteiger partial charge in [-0.15, -0.1) is 0 Å². The zero-order valence-corrected chi connectivity index (χ0v) is 10.8. The molecule has 5 heteroatoms. The number of carbonyl (C=O) groups excluding carboxylic acids is 1. The van der Waals surface area contributed by atoms with Crippen molar-refractivity contribution in [2.24, 2.45) is 0 Å². The molecule has 0 aliphatic heterocycles. The zero-order chi connectivity index (χ0) is 13.1. The van der Waals surface area contributed by atoms with E-state index < -0.39 is 11.7 Å². The maximum Gasteiger partial charge on any atom is 0.412 e. The fraction of sp³-hybridized carbons (Fsp3) is 0.500. The van der Waals surface area contributed by atoms with E-state index in [2.05, 4.69) is 10.3 Å². The van der Waals surface area contributed by atoms with Gasteiger partial charge in [-0.1, -0.05) is 0 Å². The van der Waals surface area contributed by atoms with Crippen LogP contribution in [0.1, 0.15) is 26.3 Å². The molecule has 0 aromatic carbocycles. The molecule has 1 heterocycles. The summed E-state index contributed by atoms with van der Waals surface area (Å²) in [5.41, 5.74) is 0.959. The molecule has 0 aliphatic carbocycles. The van der Waals surface area contributed by atoms with Gasteiger partial charge in [0.2, 0.25) is 5.88 Å². The van der Waals surface area contributed by atoms with Gasteiger partial charge in [0.05, 0.1) is 19.0 Å². The Hall–Kier alpha value is -1.78. The highest BCUT2D eigenvalue weighted by Crippen LogP contribution is 2.18. The number of anilines is 1. The number of nitrogens with zero attached hydrogens (tertiary/aromatic N) is 1. The zero-order valence-electron chi connectivity index (χ0n) is 10.8. The van der Waals surface area contributed by atoms with Crippen molar-refractivity contribution in [3.05, 3.63) is 17.8 Å². The third-order valence-electron chi connectivity index (χ3n) is 1.93. The van der Waals surface area contributed by atoms with Crippen LogP contribution >= 0.6 is 0 Å². The van der Waals surface area contributed by atoms with Crippen molar-refractivity contribution >= 4 is 11.8 Å². The van der Waals surface area contributed by atoms with E-state index in [0.29, 0.717) is 11.6 Å². The Morgan fingerprint density at radius 2 is 2.06 bits per heavy atom. The van der Waals surface area contributed by atoms with Gasteiger partial charge in [-0.2, -0.15) is 0 Å². The highest BCUT2D eigenvalue weighted by Gasteiger charge is 2.16. The van der Waals surface area contributed by atoms with Crippen molar-refractivity contribution in [3.63, 3.8) is 0 Å². The summed E-state index contributed by atoms with van der Waals surface area (Å²) in [5.74, 6) is 0.511. The molecule has 0 unspecified atom stereocenters. The van der Waals surface area contributed by atoms with Crippen LogP contribution < -0.4 is 10.1 Å². The van der Waals surface area contributed by atoms with Gasteiger partial charge in [-0.3, -0.25) is 5.32 Å². The minimum atomic E-state index is -0.516. The molecule has 94 valence electrons. The SMILES string of the molecule is COc1cc(C)c(NC(=O)OC(C)(C)C)cn1. The highest BCUT2D eigenvalue weighted by molar-refractivity contribution is 5.85. The van der Waals surface area contributed by atoms with E-state index in [0.717, 1.165) is 5.56 Å². The third kappa shape index (κ3) is 4.30. The lowest BCUT2D eigenvalue weighted by Crippen LogP contribution is -2.27. The second kappa shape index (κ2) is 5.03. The molecule has 1 aromatic heterocycles. The number of amides is 1. The lowest BCUT2D eigenvalue weighted by Gasteiger charge is -2.20. The summed E-state index contributed by atoms with van der Waals surface area (Å²) in [7, 11) is 1.54. The molecule has 1 aromatic rings. The van der Waals surface area contributed by atoms with Crippen LogP contribution in [0.2, 0.25) is 0 Å². The Morgan fingerprint density at radius 3 is 2.53 bits per heavy atom. The van der Waals surface area contributed by atoms with E-state index in [1.54, 1.807) is 13.2 Å². The van der Waals surface area contributed by atoms with Gasteiger partial charge in [0.1, 0.15) is 5.60 Å². The number of aromatic nitrogens is 1. The second-order valence-corrected chi connectivity index (χ2v) is 4.67. The van der Waals surface area contributed by atoms with Gasteiger partial charge >= 0.3 is 6.09 Å². The van der Waals surface area contributed by atoms with Crippen LogP contribution in [0.5, 0.6) is 5.88 Å². The molecular formula is C12H18N2O3. The number of hydrogen-bond acceptors (Lipinski definition) is 4. The van der Waals surface area contributed by atoms with Crippen LogP contribution in [0.25, 0.3) is 0 Å². The largest absolute Gasteiger partial charge is 0.481 e. The highest BCUT2D eigenvalue weighted by atomic mass is 16.6. The minimum Gasteiger partial charge on any atom is -0.481 e. The van der Waals surface area contributed by atoms with E-state index in [1.807, 2.05) is 27.7 Å². The molecule has 1 amide bonds. The Bertz CT molecular complexity index is 411. The Kier molecular flexibility index (Phi) is 3.93. The summed E-state index contributed by atoms with van der Waals surface area (Å²) in [6, 6.07) is 1.74. The van der Waals surface area contributed by atoms with E-state index in [4.69, 9.17) is 9.47 Å². The van der Waals surface area contributed by atoms with Crippen LogP contribution in [0, 0.1) is 6.92 Å². The number of hydrogen-bond donors (Lipinski definition) is 1. The predicted octanol–water partition coefficient (Wildman–Crippen LogP) is 2.75. The quantitative estimate of drug-likeness (QED) is 0.860. The van der Waals surface area contributed by atoms with Gasteiger partial charge in [-0.05, 0) is 33.3 Å². The van der Waals surface area contributed by atoms with E-state index in [9.17, 15) is 4.79 Å². The number of methoxy groups -OCH3 is 1. The third-order valence-corrected chi connectivity index (χ3v) is 1.93. The molecular weight excluding hydrogens is 220 g/mol. The monoisotopic (exact) mass is 238 g/mol. The first kappa shape index (κ1) is 13.3. The summed E-state index contributed by atoms with van der Waals surface area (Å²) in [4.78, 5) is 15.6. The molecule has 0 fully saturated rings. The number of ether oxygens (including phenoxy) is 2. The molecule has 17 heavy (non-hydrogen) atoms. The molecule has 0 saturated carbocycles. The lowest BCUT2D eigenvalue weighted by molar-refractivity contribution is 0.0635. The summed E-state index contributed by atoms with van der Waals surface area (Å²) in [5, 5.41) is 2.64. The Labute approximate surface area is 101 Å². The number of aryl methyl sites for hydroxylation is 1. The Morgan fingerprint density at radius 1 is 1.41 bits per heavy atom. The van der Waals surface area contributed by atoms with Gasteiger partial charge in [0.25, 0.3) is 0 Å². The van der Waals surface area contributed by atoms with Crippen LogP contribution in [0.3, 0.4) is 0 Å². The molecule has 1 N–H and O–H groups in total. The molecule has 5 nitrogen and oxygen atoms in total. The topological polar surface area (TPSA) is 60.5 Å². The van der Waals surface area contributed by atoms with Crippen molar-refractivity contribution < 1.29 is 14.3 Å². The summed E-state index contributed by atoms with van der Waals surface area (Å²) < 4.78 is 10.1. The molecule has 0 aliphatic rings. The standard InChI is InChI=1S/C12H18N2O3/c1-8-6-10(16-5)13-7-9(8)14-11(15)17-12(2,3)4/h6-7H,1-5H3,(H,14,15). The molecule has 1 rings (SSSR count). The predicted molar refractivity (Wildman–Crippen MR) is 65.4 cm³/mol. The van der Waals surface area contributed by atoms with Crippen molar-refractivity contribution in [3.8, 4) is 5.88 Å². The number of pyridine rings is 1. The van der Waals surface area contributed by atoms with Gasteiger partial charge < -0.3 is 9.47 Å². The van der Waals surface area contributed by atoms with E-state index in [-0.39, 0.29) is 0 Å². The minimum absolute atomic E-state index is 0.493. The first-order valence-electron chi connectivity index (χ1n) is 5.32. The maximum atomic E-state index is 11.5. The number of rotatable bonds is 2. The van der Waals surface area contributed by atoms with Crippen LogP contribution in [-0.2, 0) is 4.74 Å². The van der Waals surface area contributed by atoms with E-state index in [1.165, 1.54) is 6.20 Å². The van der Waals surface area contributed by atoms with Crippen molar-refractivity contribution in [2.45, 2.75) is 33.3 Å². The van der Waals surface area contributed by atoms with Gasteiger partial charge in [0, 0.05) is 6.07 Å². The molecule has 0 saturated heterocycles. The van der Waals surface area contributed by atoms with Crippen molar-refractivity contribution in [2.75, 3.05) is 12.4 Å². The fourth-order valence-corrected chi connectivity index (χ4v) is 1.19. The summed E-state index contributed by atoms with van der Waals surface area (Å²) in [6.45, 7) is 7.29. The van der Waals surface area contributed by atoms with Gasteiger partial charge in [-0.25, -0.2) is 9.78 Å². The van der Waals surface area contributed by atoms with E-state index >= 15 is 0 Å². The number of carbonyl (C=O) groups is 1. The Balaban J connectivity index is 2.72. The first-order chi connectivity index (χ1) is 7.81. The normalized spacial score (nSPS) is 10.9. The van der Waals surface area contributed by atoms with Crippen LogP contribution in [0.15, 0.2) is 12.3 Å². The fourth-order valence-electron chi connectivity index (χ4n) is 1.19. The summed E-state index contributed by atoms with van der Waals surface area (Å²) >= 11 is 0. The molecule has 0 bridgehead atoms. The average Bonchev–Trinajstić information content (AvgIpc) is 2.18. The second-order valence-electron chi connectivity index (χ2n) is 4.67.